The quantitative estimate of drug-likeness (QED) is 0.877. The third-order valence-corrected chi connectivity index (χ3v) is 4.22. The summed E-state index contributed by atoms with van der Waals surface area (Å²) in [5.74, 6) is -0.342. The van der Waals surface area contributed by atoms with Crippen LogP contribution in [0.15, 0.2) is 29.6 Å². The summed E-state index contributed by atoms with van der Waals surface area (Å²) in [4.78, 5) is 0.975. The van der Waals surface area contributed by atoms with Crippen molar-refractivity contribution < 1.29 is 4.39 Å². The number of hydrogen-bond donors (Lipinski definition) is 1. The molecule has 1 nitrogen and oxygen atoms in total. The Morgan fingerprint density at radius 3 is 2.53 bits per heavy atom. The lowest BCUT2D eigenvalue weighted by Crippen LogP contribution is -2.17. The van der Waals surface area contributed by atoms with Crippen LogP contribution in [0.5, 0.6) is 0 Å². The zero-order valence-corrected chi connectivity index (χ0v) is 11.3. The van der Waals surface area contributed by atoms with E-state index in [0.717, 1.165) is 10.4 Å². The van der Waals surface area contributed by atoms with Crippen molar-refractivity contribution >= 4 is 34.5 Å². The van der Waals surface area contributed by atoms with E-state index in [1.54, 1.807) is 17.4 Å². The van der Waals surface area contributed by atoms with Crippen molar-refractivity contribution in [2.45, 2.75) is 6.04 Å². The average Bonchev–Trinajstić information content (AvgIpc) is 2.69. The molecule has 0 radical (unpaired) electrons. The first-order valence-electron chi connectivity index (χ1n) is 4.98. The second-order valence-electron chi connectivity index (χ2n) is 3.52. The predicted octanol–water partition coefficient (Wildman–Crippen LogP) is 4.50. The Hall–Kier alpha value is -0.610. The van der Waals surface area contributed by atoms with Gasteiger partial charge in [0.05, 0.1) is 11.1 Å². The Bertz CT molecular complexity index is 527. The average molecular weight is 290 g/mol. The molecular weight excluding hydrogens is 280 g/mol. The first-order chi connectivity index (χ1) is 8.13. The number of benzene rings is 1. The van der Waals surface area contributed by atoms with Gasteiger partial charge >= 0.3 is 0 Å². The Morgan fingerprint density at radius 1 is 1.24 bits per heavy atom. The molecule has 0 saturated heterocycles. The van der Waals surface area contributed by atoms with Gasteiger partial charge in [-0.25, -0.2) is 4.39 Å². The monoisotopic (exact) mass is 289 g/mol. The van der Waals surface area contributed by atoms with Gasteiger partial charge in [-0.1, -0.05) is 29.3 Å². The third kappa shape index (κ3) is 2.63. The van der Waals surface area contributed by atoms with Crippen LogP contribution < -0.4 is 5.32 Å². The van der Waals surface area contributed by atoms with Crippen LogP contribution in [0.25, 0.3) is 0 Å². The summed E-state index contributed by atoms with van der Waals surface area (Å²) in [7, 11) is 1.82. The van der Waals surface area contributed by atoms with E-state index in [2.05, 4.69) is 5.32 Å². The van der Waals surface area contributed by atoms with E-state index in [1.807, 2.05) is 18.5 Å². The Balaban J connectivity index is 2.46. The first-order valence-corrected chi connectivity index (χ1v) is 6.62. The Kier molecular flexibility index (Phi) is 4.05. The van der Waals surface area contributed by atoms with Gasteiger partial charge in [0, 0.05) is 9.90 Å². The summed E-state index contributed by atoms with van der Waals surface area (Å²) in [5, 5.41) is 6.14. The molecule has 1 unspecified atom stereocenters. The van der Waals surface area contributed by atoms with Crippen LogP contribution >= 0.6 is 34.5 Å². The van der Waals surface area contributed by atoms with E-state index in [9.17, 15) is 4.39 Å². The predicted molar refractivity (Wildman–Crippen MR) is 71.6 cm³/mol. The van der Waals surface area contributed by atoms with Crippen LogP contribution in [0, 0.1) is 5.82 Å². The topological polar surface area (TPSA) is 12.0 Å². The van der Waals surface area contributed by atoms with Crippen LogP contribution in [0.2, 0.25) is 10.0 Å². The number of hydrogen-bond acceptors (Lipinski definition) is 2. The molecule has 2 rings (SSSR count). The highest BCUT2D eigenvalue weighted by atomic mass is 35.5. The number of halogens is 3. The minimum Gasteiger partial charge on any atom is -0.309 e. The zero-order chi connectivity index (χ0) is 12.4. The maximum absolute atomic E-state index is 13.0. The highest BCUT2D eigenvalue weighted by Gasteiger charge is 2.19. The lowest BCUT2D eigenvalue weighted by molar-refractivity contribution is 0.624. The molecule has 0 aliphatic heterocycles. The molecular formula is C12H10Cl2FNS. The molecule has 0 spiro atoms. The maximum Gasteiger partial charge on any atom is 0.124 e. The van der Waals surface area contributed by atoms with Crippen LogP contribution in [0.1, 0.15) is 16.5 Å². The largest absolute Gasteiger partial charge is 0.309 e. The number of nitrogens with one attached hydrogen (secondary N) is 1. The first kappa shape index (κ1) is 12.8. The summed E-state index contributed by atoms with van der Waals surface area (Å²) in [6, 6.07) is 6.10. The second kappa shape index (κ2) is 5.36. The van der Waals surface area contributed by atoms with E-state index in [4.69, 9.17) is 23.2 Å². The smallest absolute Gasteiger partial charge is 0.124 e. The second-order valence-corrected chi connectivity index (χ2v) is 5.28. The van der Waals surface area contributed by atoms with E-state index < -0.39 is 0 Å². The molecule has 0 aliphatic rings. The summed E-state index contributed by atoms with van der Waals surface area (Å²) >= 11 is 13.7. The molecule has 90 valence electrons. The molecule has 1 atom stereocenters. The molecule has 0 aliphatic carbocycles. The van der Waals surface area contributed by atoms with Crippen molar-refractivity contribution in [3.63, 3.8) is 0 Å². The fraction of sp³-hybridized carbons (Fsp3) is 0.167. The van der Waals surface area contributed by atoms with Crippen LogP contribution in [0.3, 0.4) is 0 Å². The third-order valence-electron chi connectivity index (χ3n) is 2.47. The standard InChI is InChI=1S/C12H10Cl2FNS/c1-16-11(12-9(13)4-5-17-12)8-3-2-7(15)6-10(8)14/h2-6,11,16H,1H3. The number of rotatable bonds is 3. The molecule has 0 fully saturated rings. The van der Waals surface area contributed by atoms with Crippen molar-refractivity contribution in [2.75, 3.05) is 7.05 Å². The van der Waals surface area contributed by atoms with E-state index >= 15 is 0 Å². The van der Waals surface area contributed by atoms with Crippen molar-refractivity contribution in [3.05, 3.63) is 55.9 Å². The SMILES string of the molecule is CNC(c1ccc(F)cc1Cl)c1sccc1Cl. The van der Waals surface area contributed by atoms with Gasteiger partial charge in [0.25, 0.3) is 0 Å². The molecule has 1 heterocycles. The molecule has 0 bridgehead atoms. The summed E-state index contributed by atoms with van der Waals surface area (Å²) in [5.41, 5.74) is 0.819. The lowest BCUT2D eigenvalue weighted by atomic mass is 10.1. The van der Waals surface area contributed by atoms with Gasteiger partial charge in [0.15, 0.2) is 0 Å². The molecule has 1 aromatic carbocycles. The minimum absolute atomic E-state index is 0.115. The normalized spacial score (nSPS) is 12.7. The zero-order valence-electron chi connectivity index (χ0n) is 9.01. The van der Waals surface area contributed by atoms with Crippen molar-refractivity contribution in [3.8, 4) is 0 Å². The van der Waals surface area contributed by atoms with E-state index in [1.165, 1.54) is 12.1 Å². The van der Waals surface area contributed by atoms with Gasteiger partial charge in [-0.15, -0.1) is 11.3 Å². The molecule has 5 heteroatoms. The van der Waals surface area contributed by atoms with Gasteiger partial charge in [-0.05, 0) is 36.2 Å². The highest BCUT2D eigenvalue weighted by Crippen LogP contribution is 2.35. The van der Waals surface area contributed by atoms with Crippen LogP contribution in [-0.4, -0.2) is 7.05 Å². The Morgan fingerprint density at radius 2 is 2.00 bits per heavy atom. The van der Waals surface area contributed by atoms with Gasteiger partial charge in [0.1, 0.15) is 5.82 Å². The molecule has 1 N–H and O–H groups in total. The molecule has 0 amide bonds. The Labute approximate surface area is 113 Å². The van der Waals surface area contributed by atoms with Crippen molar-refractivity contribution in [1.29, 1.82) is 0 Å². The van der Waals surface area contributed by atoms with E-state index in [-0.39, 0.29) is 11.9 Å². The molecule has 2 aromatic rings. The van der Waals surface area contributed by atoms with Crippen molar-refractivity contribution in [1.82, 2.24) is 5.32 Å². The van der Waals surface area contributed by atoms with Gasteiger partial charge in [-0.3, -0.25) is 0 Å². The molecule has 17 heavy (non-hydrogen) atoms. The fourth-order valence-corrected chi connectivity index (χ4v) is 3.24. The number of thiophene rings is 1. The molecule has 1 aromatic heterocycles. The van der Waals surface area contributed by atoms with E-state index in [0.29, 0.717) is 10.0 Å². The maximum atomic E-state index is 13.0. The molecule has 0 saturated carbocycles. The van der Waals surface area contributed by atoms with Gasteiger partial charge < -0.3 is 5.32 Å². The van der Waals surface area contributed by atoms with Crippen LogP contribution in [0.4, 0.5) is 4.39 Å². The summed E-state index contributed by atoms with van der Waals surface area (Å²) in [6.07, 6.45) is 0. The minimum atomic E-state index is -0.342. The van der Waals surface area contributed by atoms with Crippen molar-refractivity contribution in [2.24, 2.45) is 0 Å². The van der Waals surface area contributed by atoms with Gasteiger partial charge in [-0.2, -0.15) is 0 Å². The fourth-order valence-electron chi connectivity index (χ4n) is 1.67. The van der Waals surface area contributed by atoms with Gasteiger partial charge in [0.2, 0.25) is 0 Å². The summed E-state index contributed by atoms with van der Waals surface area (Å²) < 4.78 is 13.0. The lowest BCUT2D eigenvalue weighted by Gasteiger charge is -2.17. The van der Waals surface area contributed by atoms with Crippen LogP contribution in [-0.2, 0) is 0 Å². The summed E-state index contributed by atoms with van der Waals surface area (Å²) in [6.45, 7) is 0. The highest BCUT2D eigenvalue weighted by molar-refractivity contribution is 7.10.